The number of allylic oxidation sites excluding steroid dienone is 5. The standard InChI is InChI=1S/C55H74O4.C5H12.H2O/c1-14-55(54(11,12)13)28-27-39(5)51-48(32-41(7)46-26-19-38(4)31-40(46)6)47-35-50(53(8,9)10)43(34-49(47)52(51)55)33-44(56)23-20-42-21-24-45(25-22-42)57-29-17-15-16-18-30-58-59-36-37(2)3;1-5(2,3)4;/h19-27,31,34-35,41,48H,2,14-18,28-30,32-33,36H2,1,3-13H3;1-4H3;1H2/b23-20+;;. The second kappa shape index (κ2) is 23.6. The topological polar surface area (TPSA) is 76.3 Å². The molecule has 5 rings (SSSR count). The molecule has 0 saturated heterocycles. The summed E-state index contributed by atoms with van der Waals surface area (Å²) in [7, 11) is 0. The van der Waals surface area contributed by atoms with Crippen molar-refractivity contribution in [2.75, 3.05) is 19.8 Å². The summed E-state index contributed by atoms with van der Waals surface area (Å²) in [5.41, 5.74) is 16.3. The molecule has 0 aliphatic heterocycles. The van der Waals surface area contributed by atoms with Crippen molar-refractivity contribution < 1.29 is 24.8 Å². The summed E-state index contributed by atoms with van der Waals surface area (Å²) in [6.07, 6.45) is 13.9. The molecule has 5 nitrogen and oxygen atoms in total. The zero-order chi connectivity index (χ0) is 47.6. The van der Waals surface area contributed by atoms with Crippen molar-refractivity contribution in [3.63, 3.8) is 0 Å². The molecule has 2 N–H and O–H groups in total. The van der Waals surface area contributed by atoms with E-state index in [1.807, 2.05) is 37.3 Å². The van der Waals surface area contributed by atoms with E-state index in [4.69, 9.17) is 14.5 Å². The Morgan fingerprint density at radius 1 is 0.862 bits per heavy atom. The third-order valence-electron chi connectivity index (χ3n) is 13.1. The number of ketones is 1. The molecule has 0 radical (unpaired) electrons. The first-order chi connectivity index (χ1) is 29.9. The number of rotatable bonds is 19. The van der Waals surface area contributed by atoms with Crippen LogP contribution in [0.15, 0.2) is 90.0 Å². The maximum atomic E-state index is 13.9. The van der Waals surface area contributed by atoms with Gasteiger partial charge in [-0.05, 0) is 157 Å². The maximum absolute atomic E-state index is 13.9. The number of ether oxygens (including phenoxy) is 1. The minimum atomic E-state index is -0.123. The summed E-state index contributed by atoms with van der Waals surface area (Å²) >= 11 is 0. The Hall–Kier alpha value is -4.03. The average molecular weight is 889 g/mol. The minimum Gasteiger partial charge on any atom is -0.494 e. The first-order valence-electron chi connectivity index (χ1n) is 24.4. The fraction of sp³-hybridized carbons (Fsp3) is 0.550. The van der Waals surface area contributed by atoms with E-state index in [0.29, 0.717) is 43.5 Å². The Labute approximate surface area is 396 Å². The van der Waals surface area contributed by atoms with Crippen LogP contribution in [0.25, 0.3) is 11.6 Å². The quantitative estimate of drug-likeness (QED) is 0.0395. The van der Waals surface area contributed by atoms with Gasteiger partial charge in [0.25, 0.3) is 0 Å². The second-order valence-electron chi connectivity index (χ2n) is 22.8. The van der Waals surface area contributed by atoms with Gasteiger partial charge in [0.2, 0.25) is 0 Å². The van der Waals surface area contributed by atoms with Crippen LogP contribution in [0, 0.1) is 30.1 Å². The van der Waals surface area contributed by atoms with E-state index in [1.165, 1.54) is 39.0 Å². The van der Waals surface area contributed by atoms with Gasteiger partial charge in [-0.3, -0.25) is 4.79 Å². The van der Waals surface area contributed by atoms with Crippen LogP contribution < -0.4 is 4.74 Å². The van der Waals surface area contributed by atoms with Crippen LogP contribution in [0.1, 0.15) is 198 Å². The largest absolute Gasteiger partial charge is 0.494 e. The predicted octanol–water partition coefficient (Wildman–Crippen LogP) is 16.0. The average Bonchev–Trinajstić information content (AvgIpc) is 3.50. The van der Waals surface area contributed by atoms with E-state index in [9.17, 15) is 4.79 Å². The van der Waals surface area contributed by atoms with Crippen LogP contribution in [-0.4, -0.2) is 31.1 Å². The molecule has 0 heterocycles. The normalized spacial score (nSPS) is 17.7. The minimum absolute atomic E-state index is 0. The van der Waals surface area contributed by atoms with Gasteiger partial charge >= 0.3 is 0 Å². The fourth-order valence-corrected chi connectivity index (χ4v) is 9.77. The van der Waals surface area contributed by atoms with Crippen LogP contribution in [0.5, 0.6) is 5.75 Å². The molecule has 0 amide bonds. The van der Waals surface area contributed by atoms with Crippen molar-refractivity contribution in [3.8, 4) is 5.75 Å². The van der Waals surface area contributed by atoms with E-state index >= 15 is 0 Å². The number of aryl methyl sites for hydroxylation is 2. The Balaban J connectivity index is 0.00000177. The lowest BCUT2D eigenvalue weighted by Crippen LogP contribution is -2.37. The third kappa shape index (κ3) is 15.2. The summed E-state index contributed by atoms with van der Waals surface area (Å²) < 4.78 is 6.00. The molecule has 0 bridgehead atoms. The van der Waals surface area contributed by atoms with E-state index in [-0.39, 0.29) is 27.5 Å². The van der Waals surface area contributed by atoms with Crippen molar-refractivity contribution in [1.82, 2.24) is 0 Å². The van der Waals surface area contributed by atoms with Gasteiger partial charge in [-0.1, -0.05) is 167 Å². The summed E-state index contributed by atoms with van der Waals surface area (Å²) in [6.45, 7) is 42.0. The van der Waals surface area contributed by atoms with E-state index in [1.54, 1.807) is 17.2 Å². The van der Waals surface area contributed by atoms with Gasteiger partial charge in [0.05, 0.1) is 13.2 Å². The number of fused-ring (bicyclic) bond motifs is 2. The molecule has 358 valence electrons. The summed E-state index contributed by atoms with van der Waals surface area (Å²) in [5.74, 6) is 1.67. The van der Waals surface area contributed by atoms with E-state index in [0.717, 1.165) is 67.4 Å². The van der Waals surface area contributed by atoms with Crippen LogP contribution in [0.3, 0.4) is 0 Å². The molecule has 5 heteroatoms. The van der Waals surface area contributed by atoms with Crippen molar-refractivity contribution in [2.24, 2.45) is 16.2 Å². The smallest absolute Gasteiger partial charge is 0.160 e. The summed E-state index contributed by atoms with van der Waals surface area (Å²) in [4.78, 5) is 24.2. The lowest BCUT2D eigenvalue weighted by Gasteiger charge is -2.48. The van der Waals surface area contributed by atoms with Gasteiger partial charge in [0.15, 0.2) is 5.78 Å². The van der Waals surface area contributed by atoms with Crippen LogP contribution in [0.2, 0.25) is 0 Å². The van der Waals surface area contributed by atoms with Crippen LogP contribution in [-0.2, 0) is 26.4 Å². The molecule has 2 aliphatic rings. The highest BCUT2D eigenvalue weighted by Gasteiger charge is 2.51. The zero-order valence-corrected chi connectivity index (χ0v) is 43.7. The van der Waals surface area contributed by atoms with Gasteiger partial charge in [0.1, 0.15) is 12.4 Å². The predicted molar refractivity (Wildman–Crippen MR) is 278 cm³/mol. The molecule has 0 aromatic heterocycles. The van der Waals surface area contributed by atoms with Gasteiger partial charge in [-0.2, -0.15) is 0 Å². The van der Waals surface area contributed by atoms with Crippen molar-refractivity contribution >= 4 is 17.4 Å². The van der Waals surface area contributed by atoms with Gasteiger partial charge < -0.3 is 10.2 Å². The van der Waals surface area contributed by atoms with Gasteiger partial charge in [-0.25, -0.2) is 9.78 Å². The molecule has 65 heavy (non-hydrogen) atoms. The Kier molecular flexibility index (Phi) is 20.1. The summed E-state index contributed by atoms with van der Waals surface area (Å²) in [5, 5.41) is 0. The van der Waals surface area contributed by atoms with Crippen molar-refractivity contribution in [1.29, 1.82) is 0 Å². The lowest BCUT2D eigenvalue weighted by atomic mass is 9.55. The molecule has 0 spiro atoms. The second-order valence-corrected chi connectivity index (χ2v) is 22.8. The number of carbonyl (C=O) groups is 1. The SMILES string of the molecule is C=C(C)COOCCCCCCOc1ccc(/C=C/C(=O)Cc2cc3c(cc2C(C)(C)C)C(CC(C)c2ccc(C)cc2C)C2=C3C(CC)(C(C)(C)C)CC=C2C)cc1.CC(C)(C)C.O. The Bertz CT molecular complexity index is 2140. The third-order valence-corrected chi connectivity index (χ3v) is 13.1. The van der Waals surface area contributed by atoms with Crippen molar-refractivity contribution in [2.45, 2.75) is 179 Å². The molecule has 3 atom stereocenters. The first-order valence-corrected chi connectivity index (χ1v) is 24.4. The van der Waals surface area contributed by atoms with Crippen LogP contribution in [0.4, 0.5) is 0 Å². The highest BCUT2D eigenvalue weighted by atomic mass is 17.2. The molecule has 0 saturated carbocycles. The Morgan fingerprint density at radius 3 is 2.06 bits per heavy atom. The number of carbonyl (C=O) groups excluding carboxylic acids is 1. The van der Waals surface area contributed by atoms with Crippen molar-refractivity contribution in [3.05, 3.63) is 135 Å². The highest BCUT2D eigenvalue weighted by molar-refractivity contribution is 5.96. The molecule has 3 unspecified atom stereocenters. The van der Waals surface area contributed by atoms with Gasteiger partial charge in [0, 0.05) is 17.8 Å². The first kappa shape index (κ1) is 55.3. The van der Waals surface area contributed by atoms with E-state index < -0.39 is 0 Å². The van der Waals surface area contributed by atoms with E-state index in [2.05, 4.69) is 147 Å². The molecule has 0 fully saturated rings. The molecular formula is C60H88O5. The number of hydrogen-bond donors (Lipinski definition) is 0. The highest BCUT2D eigenvalue weighted by Crippen LogP contribution is 2.64. The van der Waals surface area contributed by atoms with Gasteiger partial charge in [-0.15, -0.1) is 0 Å². The Morgan fingerprint density at radius 2 is 1.49 bits per heavy atom. The zero-order valence-electron chi connectivity index (χ0n) is 43.7. The molecule has 3 aromatic rings. The number of unbranched alkanes of at least 4 members (excludes halogenated alkanes) is 3. The number of hydrogen-bond acceptors (Lipinski definition) is 4. The summed E-state index contributed by atoms with van der Waals surface area (Å²) in [6, 6.07) is 20.0. The lowest BCUT2D eigenvalue weighted by molar-refractivity contribution is -0.288. The van der Waals surface area contributed by atoms with Crippen LogP contribution >= 0.6 is 0 Å². The monoisotopic (exact) mass is 889 g/mol. The maximum Gasteiger partial charge on any atom is 0.160 e. The molecule has 3 aromatic carbocycles. The molecular weight excluding hydrogens is 801 g/mol. The number of benzene rings is 3. The molecule has 2 aliphatic carbocycles. The fourth-order valence-electron chi connectivity index (χ4n) is 9.77.